The first-order valence-corrected chi connectivity index (χ1v) is 8.85. The first-order valence-electron chi connectivity index (χ1n) is 7.24. The van der Waals surface area contributed by atoms with Gasteiger partial charge in [0.25, 0.3) is 0 Å². The van der Waals surface area contributed by atoms with E-state index in [4.69, 9.17) is 0 Å². The Bertz CT molecular complexity index is 545. The fraction of sp³-hybridized carbons (Fsp3) is 0.600. The van der Waals surface area contributed by atoms with Crippen molar-refractivity contribution in [1.29, 1.82) is 0 Å². The summed E-state index contributed by atoms with van der Waals surface area (Å²) >= 11 is 0. The van der Waals surface area contributed by atoms with Crippen LogP contribution in [0.15, 0.2) is 24.3 Å². The molecule has 20 heavy (non-hydrogen) atoms. The SMILES string of the molecule is CCS(=O)(=O)N1CCC[C@H](CCc2ccccc2F)C1. The number of rotatable bonds is 5. The highest BCUT2D eigenvalue weighted by Crippen LogP contribution is 2.24. The summed E-state index contributed by atoms with van der Waals surface area (Å²) in [5.41, 5.74) is 0.725. The van der Waals surface area contributed by atoms with E-state index in [0.29, 0.717) is 25.4 Å². The molecule has 1 aromatic carbocycles. The lowest BCUT2D eigenvalue weighted by atomic mass is 9.92. The van der Waals surface area contributed by atoms with Gasteiger partial charge in [-0.15, -0.1) is 0 Å². The highest BCUT2D eigenvalue weighted by molar-refractivity contribution is 7.89. The molecule has 0 spiro atoms. The first kappa shape index (κ1) is 15.4. The number of nitrogens with zero attached hydrogens (tertiary/aromatic N) is 1. The zero-order valence-corrected chi connectivity index (χ0v) is 12.7. The van der Waals surface area contributed by atoms with Gasteiger partial charge in [0.2, 0.25) is 10.0 Å². The third-order valence-corrected chi connectivity index (χ3v) is 5.87. The smallest absolute Gasteiger partial charge is 0.212 e. The molecular formula is C15H22FNO2S. The normalized spacial score (nSPS) is 21.0. The van der Waals surface area contributed by atoms with Crippen LogP contribution >= 0.6 is 0 Å². The Hall–Kier alpha value is -0.940. The van der Waals surface area contributed by atoms with Crippen LogP contribution in [0.4, 0.5) is 4.39 Å². The summed E-state index contributed by atoms with van der Waals surface area (Å²) in [5.74, 6) is 0.332. The van der Waals surface area contributed by atoms with E-state index in [9.17, 15) is 12.8 Å². The lowest BCUT2D eigenvalue weighted by Crippen LogP contribution is -2.40. The van der Waals surface area contributed by atoms with Crippen molar-refractivity contribution in [1.82, 2.24) is 4.31 Å². The summed E-state index contributed by atoms with van der Waals surface area (Å²) in [4.78, 5) is 0. The molecule has 0 unspecified atom stereocenters. The van der Waals surface area contributed by atoms with Crippen molar-refractivity contribution in [2.45, 2.75) is 32.6 Å². The van der Waals surface area contributed by atoms with Crippen molar-refractivity contribution in [2.24, 2.45) is 5.92 Å². The third kappa shape index (κ3) is 3.79. The van der Waals surface area contributed by atoms with Crippen molar-refractivity contribution >= 4 is 10.0 Å². The number of benzene rings is 1. The molecule has 3 nitrogen and oxygen atoms in total. The van der Waals surface area contributed by atoms with E-state index in [1.54, 1.807) is 23.4 Å². The molecule has 1 atom stereocenters. The molecule has 1 aliphatic rings. The van der Waals surface area contributed by atoms with E-state index in [1.165, 1.54) is 6.07 Å². The molecule has 5 heteroatoms. The summed E-state index contributed by atoms with van der Waals surface area (Å²) in [6.07, 6.45) is 3.46. The quantitative estimate of drug-likeness (QED) is 0.838. The Morgan fingerprint density at radius 2 is 2.10 bits per heavy atom. The highest BCUT2D eigenvalue weighted by Gasteiger charge is 2.27. The van der Waals surface area contributed by atoms with Gasteiger partial charge in [-0.2, -0.15) is 0 Å². The Labute approximate surface area is 120 Å². The highest BCUT2D eigenvalue weighted by atomic mass is 32.2. The van der Waals surface area contributed by atoms with Crippen LogP contribution in [0.5, 0.6) is 0 Å². The molecule has 0 N–H and O–H groups in total. The van der Waals surface area contributed by atoms with Crippen LogP contribution in [0, 0.1) is 11.7 Å². The van der Waals surface area contributed by atoms with Gasteiger partial charge in [0.1, 0.15) is 5.82 Å². The number of hydrogen-bond acceptors (Lipinski definition) is 2. The Morgan fingerprint density at radius 1 is 1.35 bits per heavy atom. The Balaban J connectivity index is 1.92. The minimum Gasteiger partial charge on any atom is -0.212 e. The minimum absolute atomic E-state index is 0.160. The van der Waals surface area contributed by atoms with Crippen LogP contribution in [0.1, 0.15) is 31.7 Å². The van der Waals surface area contributed by atoms with Crippen LogP contribution in [-0.4, -0.2) is 31.6 Å². The predicted molar refractivity (Wildman–Crippen MR) is 78.5 cm³/mol. The molecule has 0 aromatic heterocycles. The van der Waals surface area contributed by atoms with Crippen molar-refractivity contribution in [3.05, 3.63) is 35.6 Å². The number of sulfonamides is 1. The van der Waals surface area contributed by atoms with Gasteiger partial charge < -0.3 is 0 Å². The monoisotopic (exact) mass is 299 g/mol. The maximum atomic E-state index is 13.6. The summed E-state index contributed by atoms with van der Waals surface area (Å²) in [7, 11) is -3.09. The molecule has 1 fully saturated rings. The minimum atomic E-state index is -3.09. The van der Waals surface area contributed by atoms with Gasteiger partial charge in [0.05, 0.1) is 5.75 Å². The van der Waals surface area contributed by atoms with Gasteiger partial charge in [0.15, 0.2) is 0 Å². The molecule has 2 rings (SSSR count). The van der Waals surface area contributed by atoms with Crippen molar-refractivity contribution < 1.29 is 12.8 Å². The molecule has 1 saturated heterocycles. The van der Waals surface area contributed by atoms with Gasteiger partial charge >= 0.3 is 0 Å². The number of aryl methyl sites for hydroxylation is 1. The summed E-state index contributed by atoms with van der Waals surface area (Å²) in [6.45, 7) is 2.90. The molecule has 0 saturated carbocycles. The van der Waals surface area contributed by atoms with E-state index in [0.717, 1.165) is 24.8 Å². The van der Waals surface area contributed by atoms with E-state index < -0.39 is 10.0 Å². The third-order valence-electron chi connectivity index (χ3n) is 4.02. The van der Waals surface area contributed by atoms with Crippen LogP contribution in [0.2, 0.25) is 0 Å². The lowest BCUT2D eigenvalue weighted by molar-refractivity contribution is 0.256. The predicted octanol–water partition coefficient (Wildman–Crippen LogP) is 2.82. The first-order chi connectivity index (χ1) is 9.53. The second-order valence-electron chi connectivity index (χ2n) is 5.40. The van der Waals surface area contributed by atoms with E-state index in [2.05, 4.69) is 0 Å². The average Bonchev–Trinajstić information content (AvgIpc) is 2.47. The number of halogens is 1. The molecule has 1 aromatic rings. The lowest BCUT2D eigenvalue weighted by Gasteiger charge is -2.31. The topological polar surface area (TPSA) is 37.4 Å². The zero-order valence-electron chi connectivity index (χ0n) is 11.9. The van der Waals surface area contributed by atoms with Crippen LogP contribution in [-0.2, 0) is 16.4 Å². The van der Waals surface area contributed by atoms with Gasteiger partial charge in [-0.1, -0.05) is 18.2 Å². The zero-order chi connectivity index (χ0) is 14.6. The van der Waals surface area contributed by atoms with Gasteiger partial charge in [0, 0.05) is 13.1 Å². The van der Waals surface area contributed by atoms with Crippen LogP contribution in [0.25, 0.3) is 0 Å². The van der Waals surface area contributed by atoms with Crippen LogP contribution in [0.3, 0.4) is 0 Å². The molecule has 1 heterocycles. The molecule has 0 bridgehead atoms. The molecular weight excluding hydrogens is 277 g/mol. The average molecular weight is 299 g/mol. The second-order valence-corrected chi connectivity index (χ2v) is 7.65. The van der Waals surface area contributed by atoms with Crippen molar-refractivity contribution in [3.8, 4) is 0 Å². The van der Waals surface area contributed by atoms with E-state index in [1.807, 2.05) is 6.07 Å². The summed E-state index contributed by atoms with van der Waals surface area (Å²) in [6, 6.07) is 6.81. The fourth-order valence-electron chi connectivity index (χ4n) is 2.76. The molecule has 1 aliphatic heterocycles. The standard InChI is InChI=1S/C15H22FNO2S/c1-2-20(18,19)17-11-5-6-13(12-17)9-10-14-7-3-4-8-15(14)16/h3-4,7-8,13H,2,5-6,9-12H2,1H3/t13-/m1/s1. The second kappa shape index (κ2) is 6.68. The summed E-state index contributed by atoms with van der Waals surface area (Å²) < 4.78 is 38.9. The van der Waals surface area contributed by atoms with Gasteiger partial charge in [-0.3, -0.25) is 0 Å². The van der Waals surface area contributed by atoms with Gasteiger partial charge in [-0.05, 0) is 50.2 Å². The maximum absolute atomic E-state index is 13.6. The van der Waals surface area contributed by atoms with E-state index in [-0.39, 0.29) is 11.6 Å². The van der Waals surface area contributed by atoms with Gasteiger partial charge in [-0.25, -0.2) is 17.1 Å². The number of hydrogen-bond donors (Lipinski definition) is 0. The summed E-state index contributed by atoms with van der Waals surface area (Å²) in [5, 5.41) is 0. The van der Waals surface area contributed by atoms with E-state index >= 15 is 0 Å². The maximum Gasteiger partial charge on any atom is 0.213 e. The largest absolute Gasteiger partial charge is 0.213 e. The van der Waals surface area contributed by atoms with Crippen molar-refractivity contribution in [2.75, 3.05) is 18.8 Å². The number of piperidine rings is 1. The molecule has 0 radical (unpaired) electrons. The van der Waals surface area contributed by atoms with Crippen LogP contribution < -0.4 is 0 Å². The Morgan fingerprint density at radius 3 is 2.80 bits per heavy atom. The molecule has 0 aliphatic carbocycles. The molecule has 0 amide bonds. The fourth-order valence-corrected chi connectivity index (χ4v) is 3.97. The van der Waals surface area contributed by atoms with Crippen molar-refractivity contribution in [3.63, 3.8) is 0 Å². The Kier molecular flexibility index (Phi) is 5.16. The molecule has 112 valence electrons.